The van der Waals surface area contributed by atoms with E-state index < -0.39 is 0 Å². The minimum absolute atomic E-state index is 0.122. The molecule has 3 unspecified atom stereocenters. The number of carbonyl (C=O) groups is 2. The van der Waals surface area contributed by atoms with Gasteiger partial charge in [0.25, 0.3) is 5.56 Å². The van der Waals surface area contributed by atoms with Crippen LogP contribution in [0.1, 0.15) is 88.1 Å². The number of aromatic amines is 2. The van der Waals surface area contributed by atoms with Gasteiger partial charge < -0.3 is 26.3 Å². The van der Waals surface area contributed by atoms with E-state index in [1.165, 1.54) is 67.5 Å². The monoisotopic (exact) mass is 1250 g/mol. The topological polar surface area (TPSA) is 292 Å². The maximum absolute atomic E-state index is 13.8. The van der Waals surface area contributed by atoms with E-state index in [1.54, 1.807) is 61.2 Å². The number of halogens is 3. The first-order valence-electron chi connectivity index (χ1n) is 29.6. The fraction of sp³-hybridized carbons (Fsp3) is 0.113. The van der Waals surface area contributed by atoms with Gasteiger partial charge in [0.05, 0.1) is 86.1 Å². The number of benzene rings is 3. The molecule has 10 aromatic heterocycles. The molecule has 2 aliphatic carbocycles. The van der Waals surface area contributed by atoms with Gasteiger partial charge in [-0.3, -0.25) is 39.1 Å². The van der Waals surface area contributed by atoms with Gasteiger partial charge in [-0.15, -0.1) is 0 Å². The normalized spacial score (nSPS) is 13.1. The predicted octanol–water partition coefficient (Wildman–Crippen LogP) is 12.5. The number of nitrogens with one attached hydrogen (secondary N) is 4. The number of rotatable bonds is 10. The molecule has 0 aliphatic heterocycles. The molecule has 3 atom stereocenters. The Bertz CT molecular complexity index is 5210. The van der Waals surface area contributed by atoms with E-state index in [4.69, 9.17) is 15.7 Å². The van der Waals surface area contributed by atoms with Crippen LogP contribution in [0.4, 0.5) is 24.8 Å². The van der Waals surface area contributed by atoms with E-state index in [0.29, 0.717) is 80.0 Å². The zero-order chi connectivity index (χ0) is 65.4. The van der Waals surface area contributed by atoms with Crippen LogP contribution in [-0.4, -0.2) is 76.4 Å². The van der Waals surface area contributed by atoms with Crippen LogP contribution in [-0.2, 0) is 12.8 Å². The molecule has 0 fully saturated rings. The van der Waals surface area contributed by atoms with Gasteiger partial charge in [0.2, 0.25) is 0 Å². The summed E-state index contributed by atoms with van der Waals surface area (Å²) in [7, 11) is 0. The van der Waals surface area contributed by atoms with Crippen molar-refractivity contribution >= 4 is 66.9 Å². The molecule has 10 heterocycles. The first-order chi connectivity index (χ1) is 45.6. The van der Waals surface area contributed by atoms with Gasteiger partial charge in [-0.05, 0) is 142 Å². The number of hydrogen-bond donors (Lipinski definition) is 5. The third-order valence-corrected chi connectivity index (χ3v) is 15.3. The SMILES string of the molecule is CC(N)c1nc2ccc(F)cc2cc1-c1ccccn1.CC(Nc1ncnc2[nH]ccc(=O)c12)c1nc2ccc(F)cc2cc1-c1ccccn1.CC(Nc1ncnc2c1C(=O)C=CC2)c1nc2ccc(F)cc2cc1-c1ccccn1.O=C1C=CCc2nc[nH]c(=O)c21. The number of aromatic nitrogens is 13. The van der Waals surface area contributed by atoms with Gasteiger partial charge >= 0.3 is 0 Å². The average Bonchev–Trinajstić information content (AvgIpc) is 0.897. The molecule has 15 rings (SSSR count). The summed E-state index contributed by atoms with van der Waals surface area (Å²) in [5, 5.41) is 9.12. The van der Waals surface area contributed by atoms with Gasteiger partial charge in [0.1, 0.15) is 58.3 Å². The molecule has 2 aliphatic rings. The Morgan fingerprint density at radius 1 is 0.479 bits per heavy atom. The smallest absolute Gasteiger partial charge is 0.262 e. The second kappa shape index (κ2) is 27.5. The summed E-state index contributed by atoms with van der Waals surface area (Å²) in [6.45, 7) is 5.75. The number of carbonyl (C=O) groups excluding carboxylic acids is 2. The Balaban J connectivity index is 0.000000127. The number of nitrogens with zero attached hydrogens (tertiary/aromatic N) is 11. The average molecular weight is 1250 g/mol. The number of hydrogen-bond acceptors (Lipinski definition) is 18. The predicted molar refractivity (Wildman–Crippen MR) is 353 cm³/mol. The maximum Gasteiger partial charge on any atom is 0.262 e. The van der Waals surface area contributed by atoms with Gasteiger partial charge in [-0.2, -0.15) is 0 Å². The van der Waals surface area contributed by atoms with E-state index in [1.807, 2.05) is 93.6 Å². The molecule has 0 bridgehead atoms. The third-order valence-electron chi connectivity index (χ3n) is 15.3. The molecule has 94 heavy (non-hydrogen) atoms. The molecule has 0 radical (unpaired) electrons. The molecule has 0 saturated heterocycles. The Morgan fingerprint density at radius 3 is 1.43 bits per heavy atom. The molecule has 23 heteroatoms. The molecule has 13 aromatic rings. The Morgan fingerprint density at radius 2 is 0.936 bits per heavy atom. The number of fused-ring (bicyclic) bond motifs is 6. The van der Waals surface area contributed by atoms with Crippen molar-refractivity contribution in [3.05, 3.63) is 279 Å². The quantitative estimate of drug-likeness (QED) is 0.0850. The summed E-state index contributed by atoms with van der Waals surface area (Å²) >= 11 is 0. The minimum atomic E-state index is -0.352. The van der Waals surface area contributed by atoms with Crippen molar-refractivity contribution in [1.82, 2.24) is 64.8 Å². The highest BCUT2D eigenvalue weighted by atomic mass is 19.1. The first kappa shape index (κ1) is 62.0. The van der Waals surface area contributed by atoms with E-state index >= 15 is 0 Å². The van der Waals surface area contributed by atoms with Crippen LogP contribution in [0, 0.1) is 17.5 Å². The van der Waals surface area contributed by atoms with Gasteiger partial charge in [0.15, 0.2) is 17.0 Å². The van der Waals surface area contributed by atoms with Crippen molar-refractivity contribution in [2.24, 2.45) is 5.73 Å². The van der Waals surface area contributed by atoms with Crippen LogP contribution in [0.25, 0.3) is 77.5 Å². The molecule has 0 spiro atoms. The molecule has 0 saturated carbocycles. The van der Waals surface area contributed by atoms with E-state index in [0.717, 1.165) is 56.1 Å². The number of H-pyrrole nitrogens is 2. The van der Waals surface area contributed by atoms with Crippen molar-refractivity contribution < 1.29 is 22.8 Å². The van der Waals surface area contributed by atoms with Crippen LogP contribution in [0.5, 0.6) is 0 Å². The summed E-state index contributed by atoms with van der Waals surface area (Å²) in [6, 6.07) is 36.7. The molecular weight excluding hydrogens is 1200 g/mol. The van der Waals surface area contributed by atoms with Crippen molar-refractivity contribution in [3.63, 3.8) is 0 Å². The summed E-state index contributed by atoms with van der Waals surface area (Å²) in [5.74, 6) is -0.424. The maximum atomic E-state index is 13.8. The summed E-state index contributed by atoms with van der Waals surface area (Å²) in [5.41, 5.74) is 16.8. The third kappa shape index (κ3) is 13.6. The van der Waals surface area contributed by atoms with Crippen LogP contribution in [0.15, 0.2) is 211 Å². The van der Waals surface area contributed by atoms with Crippen LogP contribution in [0.3, 0.4) is 0 Å². The van der Waals surface area contributed by atoms with E-state index in [-0.39, 0.29) is 63.7 Å². The lowest BCUT2D eigenvalue weighted by atomic mass is 9.99. The minimum Gasteiger partial charge on any atom is -0.361 e. The van der Waals surface area contributed by atoms with Gasteiger partial charge in [-0.1, -0.05) is 30.4 Å². The van der Waals surface area contributed by atoms with Gasteiger partial charge in [-0.25, -0.2) is 48.1 Å². The zero-order valence-electron chi connectivity index (χ0n) is 50.5. The fourth-order valence-electron chi connectivity index (χ4n) is 10.9. The second-order valence-corrected chi connectivity index (χ2v) is 21.8. The number of anilines is 2. The van der Waals surface area contributed by atoms with Gasteiger partial charge in [0, 0.05) is 82.6 Å². The Kier molecular flexibility index (Phi) is 18.1. The lowest BCUT2D eigenvalue weighted by Gasteiger charge is -2.21. The van der Waals surface area contributed by atoms with Crippen LogP contribution >= 0.6 is 0 Å². The molecule has 3 aromatic carbocycles. The van der Waals surface area contributed by atoms with Crippen molar-refractivity contribution in [2.75, 3.05) is 10.6 Å². The summed E-state index contributed by atoms with van der Waals surface area (Å²) in [6.07, 6.45) is 18.4. The van der Waals surface area contributed by atoms with Crippen molar-refractivity contribution in [3.8, 4) is 33.8 Å². The first-order valence-corrected chi connectivity index (χ1v) is 29.6. The number of allylic oxidation sites excluding steroid dienone is 4. The van der Waals surface area contributed by atoms with Crippen LogP contribution < -0.4 is 27.4 Å². The molecule has 0 amide bonds. The Hall–Kier alpha value is -12.2. The summed E-state index contributed by atoms with van der Waals surface area (Å²) in [4.78, 5) is 101. The highest BCUT2D eigenvalue weighted by Crippen LogP contribution is 2.35. The molecular formula is C71H55F3N16O4. The zero-order valence-corrected chi connectivity index (χ0v) is 50.5. The number of pyridine rings is 7. The summed E-state index contributed by atoms with van der Waals surface area (Å²) < 4.78 is 41.0. The van der Waals surface area contributed by atoms with E-state index in [2.05, 4.69) is 65.5 Å². The lowest BCUT2D eigenvalue weighted by Crippen LogP contribution is -2.22. The largest absolute Gasteiger partial charge is 0.361 e. The molecule has 6 N–H and O–H groups in total. The standard InChI is InChI=1S/C24H18FN5O.C23H17FN6O.C16H14FN3.C8H6N2O2/c1-14(29-24-22-20(27-13-28-24)6-4-7-21(22)31)23-17(19-5-2-3-10-26-19)12-15-11-16(25)8-9-18(15)30-23;1-13(29-23-20-19(31)7-9-26-22(20)27-12-28-23)21-16(18-4-2-3-8-25-18)11-14-10-15(24)5-6-17(14)30-21;1-10(18)16-13(15-4-2-3-7-19-15)9-11-8-12(17)5-6-14(11)20-16;11-6-3-1-2-5-7(6)8(12)10-4-9-5/h2-5,7-14H,6H2,1H3,(H,27,28,29);2-13H,1H3,(H2,26,27,28,29,31);2-10H,18H2,1H3;1,3-4H,2H2,(H,9,10,12). The number of nitrogens with two attached hydrogens (primary N) is 1. The fourth-order valence-corrected chi connectivity index (χ4v) is 10.9. The van der Waals surface area contributed by atoms with Crippen molar-refractivity contribution in [2.45, 2.75) is 51.7 Å². The number of ketones is 2. The highest BCUT2D eigenvalue weighted by Gasteiger charge is 2.25. The lowest BCUT2D eigenvalue weighted by molar-refractivity contribution is 0.103. The van der Waals surface area contributed by atoms with Crippen molar-refractivity contribution in [1.29, 1.82) is 0 Å². The molecule has 464 valence electrons. The van der Waals surface area contributed by atoms with E-state index in [9.17, 15) is 32.3 Å². The Labute approximate surface area is 533 Å². The highest BCUT2D eigenvalue weighted by molar-refractivity contribution is 6.10. The second-order valence-electron chi connectivity index (χ2n) is 21.8. The van der Waals surface area contributed by atoms with Crippen LogP contribution in [0.2, 0.25) is 0 Å². The molecule has 20 nitrogen and oxygen atoms in total.